The fourth-order valence-electron chi connectivity index (χ4n) is 2.68. The molecule has 2 N–H and O–H groups in total. The molecule has 0 atom stereocenters. The molecule has 28 heavy (non-hydrogen) atoms. The number of halogens is 1. The molecule has 3 rings (SSSR count). The van der Waals surface area contributed by atoms with Gasteiger partial charge in [-0.25, -0.2) is 9.97 Å². The number of nitrogens with one attached hydrogen (secondary N) is 2. The van der Waals surface area contributed by atoms with Crippen molar-refractivity contribution in [2.45, 2.75) is 19.9 Å². The maximum atomic E-state index is 11.7. The normalized spacial score (nSPS) is 10.6. The SMILES string of the molecule is CCc1cc(=O)[nH]c(-c2ccc(NCc3cc(OC)c(OC)cc3Br)nc2)n1. The van der Waals surface area contributed by atoms with Crippen molar-refractivity contribution in [3.05, 3.63) is 62.6 Å². The predicted octanol–water partition coefficient (Wildman–Crippen LogP) is 3.79. The number of nitrogens with zero attached hydrogens (tertiary/aromatic N) is 2. The van der Waals surface area contributed by atoms with E-state index in [4.69, 9.17) is 9.47 Å². The van der Waals surface area contributed by atoms with Crippen molar-refractivity contribution in [2.75, 3.05) is 19.5 Å². The van der Waals surface area contributed by atoms with Crippen LogP contribution in [0.15, 0.2) is 45.8 Å². The van der Waals surface area contributed by atoms with Crippen LogP contribution in [0.2, 0.25) is 0 Å². The summed E-state index contributed by atoms with van der Waals surface area (Å²) in [6.07, 6.45) is 2.38. The Labute approximate surface area is 171 Å². The summed E-state index contributed by atoms with van der Waals surface area (Å²) in [6.45, 7) is 2.51. The minimum Gasteiger partial charge on any atom is -0.493 e. The maximum Gasteiger partial charge on any atom is 0.251 e. The highest BCUT2D eigenvalue weighted by Crippen LogP contribution is 2.33. The molecule has 0 saturated heterocycles. The molecule has 0 saturated carbocycles. The largest absolute Gasteiger partial charge is 0.493 e. The molecule has 8 heteroatoms. The van der Waals surface area contributed by atoms with Gasteiger partial charge in [-0.1, -0.05) is 22.9 Å². The summed E-state index contributed by atoms with van der Waals surface area (Å²) in [5.74, 6) is 2.55. The molecule has 0 aliphatic rings. The summed E-state index contributed by atoms with van der Waals surface area (Å²) < 4.78 is 11.6. The van der Waals surface area contributed by atoms with Gasteiger partial charge < -0.3 is 19.8 Å². The van der Waals surface area contributed by atoms with Gasteiger partial charge in [-0.2, -0.15) is 0 Å². The van der Waals surface area contributed by atoms with Gasteiger partial charge in [0, 0.05) is 34.5 Å². The number of rotatable bonds is 7. The highest BCUT2D eigenvalue weighted by Gasteiger charge is 2.10. The second-order valence-electron chi connectivity index (χ2n) is 6.02. The number of pyridine rings is 1. The fourth-order valence-corrected chi connectivity index (χ4v) is 3.14. The third-order valence-electron chi connectivity index (χ3n) is 4.21. The van der Waals surface area contributed by atoms with Crippen molar-refractivity contribution in [3.63, 3.8) is 0 Å². The molecule has 3 aromatic rings. The van der Waals surface area contributed by atoms with Crippen LogP contribution in [0.4, 0.5) is 5.82 Å². The third-order valence-corrected chi connectivity index (χ3v) is 4.94. The van der Waals surface area contributed by atoms with E-state index >= 15 is 0 Å². The highest BCUT2D eigenvalue weighted by atomic mass is 79.9. The molecule has 0 amide bonds. The minimum absolute atomic E-state index is 0.164. The van der Waals surface area contributed by atoms with E-state index in [1.165, 1.54) is 6.07 Å². The molecule has 2 aromatic heterocycles. The third kappa shape index (κ3) is 4.51. The highest BCUT2D eigenvalue weighted by molar-refractivity contribution is 9.10. The van der Waals surface area contributed by atoms with E-state index in [0.717, 1.165) is 21.3 Å². The summed E-state index contributed by atoms with van der Waals surface area (Å²) in [4.78, 5) is 23.4. The first-order valence-corrected chi connectivity index (χ1v) is 9.54. The Balaban J connectivity index is 1.75. The Kier molecular flexibility index (Phi) is 6.30. The summed E-state index contributed by atoms with van der Waals surface area (Å²) >= 11 is 3.55. The summed E-state index contributed by atoms with van der Waals surface area (Å²) in [7, 11) is 3.21. The van der Waals surface area contributed by atoms with Crippen molar-refractivity contribution in [3.8, 4) is 22.9 Å². The monoisotopic (exact) mass is 444 g/mol. The van der Waals surface area contributed by atoms with Gasteiger partial charge in [0.05, 0.1) is 14.2 Å². The van der Waals surface area contributed by atoms with Gasteiger partial charge in [0.25, 0.3) is 5.56 Å². The number of hydrogen-bond donors (Lipinski definition) is 2. The Hall–Kier alpha value is -2.87. The van der Waals surface area contributed by atoms with Crippen LogP contribution in [0.3, 0.4) is 0 Å². The molecule has 0 radical (unpaired) electrons. The van der Waals surface area contributed by atoms with Crippen molar-refractivity contribution in [1.82, 2.24) is 15.0 Å². The van der Waals surface area contributed by atoms with Gasteiger partial charge in [-0.15, -0.1) is 0 Å². The van der Waals surface area contributed by atoms with Crippen LogP contribution >= 0.6 is 15.9 Å². The lowest BCUT2D eigenvalue weighted by Gasteiger charge is -2.13. The molecule has 2 heterocycles. The molecule has 0 spiro atoms. The van der Waals surface area contributed by atoms with Gasteiger partial charge in [0.15, 0.2) is 11.5 Å². The number of methoxy groups -OCH3 is 2. The lowest BCUT2D eigenvalue weighted by atomic mass is 10.2. The number of anilines is 1. The topological polar surface area (TPSA) is 89.1 Å². The van der Waals surface area contributed by atoms with Crippen LogP contribution in [-0.4, -0.2) is 29.2 Å². The van der Waals surface area contributed by atoms with Crippen LogP contribution in [0, 0.1) is 0 Å². The van der Waals surface area contributed by atoms with E-state index in [0.29, 0.717) is 36.1 Å². The van der Waals surface area contributed by atoms with Crippen LogP contribution < -0.4 is 20.3 Å². The van der Waals surface area contributed by atoms with Crippen molar-refractivity contribution >= 4 is 21.7 Å². The molecule has 0 aliphatic carbocycles. The van der Waals surface area contributed by atoms with Crippen LogP contribution in [0.1, 0.15) is 18.2 Å². The first kappa shape index (κ1) is 19.9. The van der Waals surface area contributed by atoms with E-state index in [2.05, 4.69) is 36.2 Å². The van der Waals surface area contributed by atoms with Gasteiger partial charge in [0.1, 0.15) is 11.6 Å². The van der Waals surface area contributed by atoms with Crippen LogP contribution in [0.25, 0.3) is 11.4 Å². The number of benzene rings is 1. The van der Waals surface area contributed by atoms with E-state index < -0.39 is 0 Å². The molecule has 7 nitrogen and oxygen atoms in total. The number of aromatic amines is 1. The Morgan fingerprint density at radius 2 is 1.89 bits per heavy atom. The average Bonchev–Trinajstić information content (AvgIpc) is 2.72. The second kappa shape index (κ2) is 8.88. The molecule has 0 aliphatic heterocycles. The zero-order chi connectivity index (χ0) is 20.1. The van der Waals surface area contributed by atoms with Crippen LogP contribution in [0.5, 0.6) is 11.5 Å². The quantitative estimate of drug-likeness (QED) is 0.576. The number of aromatic nitrogens is 3. The minimum atomic E-state index is -0.164. The Bertz CT molecular complexity index is 1020. The smallest absolute Gasteiger partial charge is 0.251 e. The van der Waals surface area contributed by atoms with E-state index in [1.807, 2.05) is 31.2 Å². The first-order chi connectivity index (χ1) is 13.5. The van der Waals surface area contributed by atoms with Gasteiger partial charge in [-0.3, -0.25) is 4.79 Å². The van der Waals surface area contributed by atoms with E-state index in [9.17, 15) is 4.79 Å². The average molecular weight is 445 g/mol. The first-order valence-electron chi connectivity index (χ1n) is 8.75. The van der Waals surface area contributed by atoms with Gasteiger partial charge >= 0.3 is 0 Å². The van der Waals surface area contributed by atoms with Crippen molar-refractivity contribution in [2.24, 2.45) is 0 Å². The molecular formula is C20H21BrN4O3. The summed E-state index contributed by atoms with van der Waals surface area (Å²) in [5, 5.41) is 3.27. The number of aryl methyl sites for hydroxylation is 1. The van der Waals surface area contributed by atoms with Gasteiger partial charge in [-0.05, 0) is 36.2 Å². The predicted molar refractivity (Wildman–Crippen MR) is 112 cm³/mol. The molecule has 0 unspecified atom stereocenters. The lowest BCUT2D eigenvalue weighted by Crippen LogP contribution is -2.10. The van der Waals surface area contributed by atoms with E-state index in [-0.39, 0.29) is 5.56 Å². The fraction of sp³-hybridized carbons (Fsp3) is 0.250. The van der Waals surface area contributed by atoms with E-state index in [1.54, 1.807) is 20.4 Å². The second-order valence-corrected chi connectivity index (χ2v) is 6.88. The van der Waals surface area contributed by atoms with Crippen molar-refractivity contribution < 1.29 is 9.47 Å². The number of hydrogen-bond acceptors (Lipinski definition) is 6. The maximum absolute atomic E-state index is 11.7. The zero-order valence-electron chi connectivity index (χ0n) is 15.9. The Morgan fingerprint density at radius 1 is 1.14 bits per heavy atom. The van der Waals surface area contributed by atoms with Gasteiger partial charge in [0.2, 0.25) is 0 Å². The molecule has 0 fully saturated rings. The zero-order valence-corrected chi connectivity index (χ0v) is 17.5. The Morgan fingerprint density at radius 3 is 2.54 bits per heavy atom. The van der Waals surface area contributed by atoms with Crippen LogP contribution in [-0.2, 0) is 13.0 Å². The molecule has 146 valence electrons. The summed E-state index contributed by atoms with van der Waals surface area (Å²) in [5.41, 5.74) is 2.34. The number of ether oxygens (including phenoxy) is 2. The number of H-pyrrole nitrogens is 1. The lowest BCUT2D eigenvalue weighted by molar-refractivity contribution is 0.354. The molecule has 1 aromatic carbocycles. The molecular weight excluding hydrogens is 424 g/mol. The van der Waals surface area contributed by atoms with Crippen molar-refractivity contribution in [1.29, 1.82) is 0 Å². The standard InChI is InChI=1S/C20H21BrN4O3/c1-4-14-8-19(26)25-20(24-14)12-5-6-18(22-10-12)23-11-13-7-16(27-2)17(28-3)9-15(13)21/h5-10H,4,11H2,1-3H3,(H,22,23)(H,24,25,26). The summed E-state index contributed by atoms with van der Waals surface area (Å²) in [6, 6.07) is 9.01. The molecule has 0 bridgehead atoms.